The molecule has 0 unspecified atom stereocenters. The van der Waals surface area contributed by atoms with Crippen molar-refractivity contribution in [2.75, 3.05) is 0 Å². The lowest BCUT2D eigenvalue weighted by Crippen LogP contribution is -1.82. The van der Waals surface area contributed by atoms with Gasteiger partial charge in [0.2, 0.25) is 5.89 Å². The van der Waals surface area contributed by atoms with Crippen LogP contribution in [0.4, 0.5) is 0 Å². The second-order valence-electron chi connectivity index (χ2n) is 6.33. The summed E-state index contributed by atoms with van der Waals surface area (Å²) in [5.74, 6) is 2.16. The molecule has 0 saturated heterocycles. The van der Waals surface area contributed by atoms with Crippen molar-refractivity contribution in [2.45, 2.75) is 11.0 Å². The molecule has 2 heterocycles. The minimum absolute atomic E-state index is 0.520. The highest BCUT2D eigenvalue weighted by Gasteiger charge is 2.11. The minimum Gasteiger partial charge on any atom is -0.411 e. The number of benzene rings is 3. The van der Waals surface area contributed by atoms with Crippen LogP contribution in [0.3, 0.4) is 0 Å². The number of aromatic nitrogens is 4. The first kappa shape index (κ1) is 16.8. The number of thioether (sulfide) groups is 1. The molecule has 1 N–H and O–H groups in total. The largest absolute Gasteiger partial charge is 0.411 e. The molecule has 0 radical (unpaired) electrons. The molecule has 0 bridgehead atoms. The quantitative estimate of drug-likeness (QED) is 0.401. The molecular weight excluding hydrogens is 368 g/mol. The first-order valence-corrected chi connectivity index (χ1v) is 9.89. The Hall–Kier alpha value is -3.38. The fourth-order valence-electron chi connectivity index (χ4n) is 2.96. The number of imidazole rings is 1. The van der Waals surface area contributed by atoms with Crippen LogP contribution >= 0.6 is 11.8 Å². The summed E-state index contributed by atoms with van der Waals surface area (Å²) in [6, 6.07) is 26.2. The topological polar surface area (TPSA) is 67.6 Å². The minimum atomic E-state index is 0.520. The number of hydrogen-bond donors (Lipinski definition) is 1. The van der Waals surface area contributed by atoms with Gasteiger partial charge in [-0.15, -0.1) is 10.2 Å². The van der Waals surface area contributed by atoms with E-state index in [1.807, 2.05) is 66.7 Å². The van der Waals surface area contributed by atoms with Gasteiger partial charge < -0.3 is 9.40 Å². The van der Waals surface area contributed by atoms with Crippen LogP contribution in [0.5, 0.6) is 0 Å². The van der Waals surface area contributed by atoms with E-state index in [1.165, 1.54) is 17.3 Å². The van der Waals surface area contributed by atoms with E-state index in [1.54, 1.807) is 0 Å². The summed E-state index contributed by atoms with van der Waals surface area (Å²) < 4.78 is 5.80. The molecule has 0 aliphatic rings. The molecule has 0 amide bonds. The average Bonchev–Trinajstić information content (AvgIpc) is 3.40. The Bertz CT molecular complexity index is 1180. The predicted octanol–water partition coefficient (Wildman–Crippen LogP) is 5.57. The van der Waals surface area contributed by atoms with E-state index >= 15 is 0 Å². The van der Waals surface area contributed by atoms with Gasteiger partial charge in [0, 0.05) is 16.9 Å². The van der Waals surface area contributed by atoms with Gasteiger partial charge in [-0.05, 0) is 29.8 Å². The maximum absolute atomic E-state index is 5.80. The van der Waals surface area contributed by atoms with Crippen LogP contribution in [0, 0.1) is 0 Å². The van der Waals surface area contributed by atoms with Gasteiger partial charge >= 0.3 is 0 Å². The Kier molecular flexibility index (Phi) is 4.39. The molecule has 3 aromatic carbocycles. The van der Waals surface area contributed by atoms with Crippen LogP contribution in [0.25, 0.3) is 33.9 Å². The van der Waals surface area contributed by atoms with Gasteiger partial charge in [-0.2, -0.15) is 0 Å². The first-order valence-electron chi connectivity index (χ1n) is 8.91. The van der Waals surface area contributed by atoms with Crippen LogP contribution < -0.4 is 0 Å². The Morgan fingerprint density at radius 2 is 1.54 bits per heavy atom. The van der Waals surface area contributed by atoms with Crippen LogP contribution in [0.1, 0.15) is 5.56 Å². The number of hydrogen-bond acceptors (Lipinski definition) is 5. The molecule has 2 aromatic heterocycles. The third kappa shape index (κ3) is 3.42. The lowest BCUT2D eigenvalue weighted by molar-refractivity contribution is 0.466. The summed E-state index contributed by atoms with van der Waals surface area (Å²) in [7, 11) is 0. The monoisotopic (exact) mass is 384 g/mol. The van der Waals surface area contributed by atoms with Crippen molar-refractivity contribution in [1.29, 1.82) is 0 Å². The van der Waals surface area contributed by atoms with Crippen molar-refractivity contribution in [3.8, 4) is 22.8 Å². The molecule has 0 fully saturated rings. The van der Waals surface area contributed by atoms with Gasteiger partial charge in [-0.25, -0.2) is 4.98 Å². The Balaban J connectivity index is 1.32. The maximum atomic E-state index is 5.80. The summed E-state index contributed by atoms with van der Waals surface area (Å²) in [6.07, 6.45) is 0. The predicted molar refractivity (Wildman–Crippen MR) is 111 cm³/mol. The zero-order valence-electron chi connectivity index (χ0n) is 14.9. The summed E-state index contributed by atoms with van der Waals surface area (Å²) in [4.78, 5) is 7.97. The number of rotatable bonds is 5. The molecule has 5 nitrogen and oxygen atoms in total. The molecule has 0 saturated carbocycles. The van der Waals surface area contributed by atoms with Gasteiger partial charge in [0.05, 0.1) is 11.0 Å². The second-order valence-corrected chi connectivity index (χ2v) is 7.25. The van der Waals surface area contributed by atoms with E-state index in [4.69, 9.17) is 4.42 Å². The van der Waals surface area contributed by atoms with Gasteiger partial charge in [0.25, 0.3) is 5.22 Å². The number of nitrogens with one attached hydrogen (secondary N) is 1. The highest BCUT2D eigenvalue weighted by atomic mass is 32.2. The Labute approximate surface area is 165 Å². The number of H-pyrrole nitrogens is 1. The molecule has 0 atom stereocenters. The van der Waals surface area contributed by atoms with Crippen molar-refractivity contribution in [2.24, 2.45) is 0 Å². The van der Waals surface area contributed by atoms with E-state index in [2.05, 4.69) is 32.3 Å². The molecule has 5 aromatic rings. The van der Waals surface area contributed by atoms with E-state index in [0.29, 0.717) is 11.1 Å². The molecule has 5 rings (SSSR count). The van der Waals surface area contributed by atoms with Gasteiger partial charge in [-0.3, -0.25) is 0 Å². The van der Waals surface area contributed by atoms with Crippen LogP contribution in [-0.2, 0) is 5.75 Å². The number of para-hydroxylation sites is 2. The zero-order valence-corrected chi connectivity index (χ0v) is 15.7. The lowest BCUT2D eigenvalue weighted by atomic mass is 10.1. The fraction of sp³-hybridized carbons (Fsp3) is 0.0455. The third-order valence-electron chi connectivity index (χ3n) is 4.41. The molecule has 0 aliphatic heterocycles. The van der Waals surface area contributed by atoms with E-state index in [9.17, 15) is 0 Å². The van der Waals surface area contributed by atoms with Crippen LogP contribution in [-0.4, -0.2) is 20.2 Å². The van der Waals surface area contributed by atoms with Crippen molar-refractivity contribution in [3.05, 3.63) is 84.4 Å². The summed E-state index contributed by atoms with van der Waals surface area (Å²) >= 11 is 1.54. The van der Waals surface area contributed by atoms with E-state index < -0.39 is 0 Å². The molecule has 6 heteroatoms. The Morgan fingerprint density at radius 1 is 0.786 bits per heavy atom. The first-order chi connectivity index (χ1) is 13.8. The number of aromatic amines is 1. The molecular formula is C22H16N4OS. The van der Waals surface area contributed by atoms with Crippen molar-refractivity contribution >= 4 is 22.8 Å². The summed E-state index contributed by atoms with van der Waals surface area (Å²) in [6.45, 7) is 0. The summed E-state index contributed by atoms with van der Waals surface area (Å²) in [5.41, 5.74) is 5.11. The van der Waals surface area contributed by atoms with E-state index in [0.717, 1.165) is 33.7 Å². The van der Waals surface area contributed by atoms with Gasteiger partial charge in [0.15, 0.2) is 0 Å². The van der Waals surface area contributed by atoms with Crippen molar-refractivity contribution in [3.63, 3.8) is 0 Å². The number of fused-ring (bicyclic) bond motifs is 1. The van der Waals surface area contributed by atoms with Gasteiger partial charge in [-0.1, -0.05) is 66.4 Å². The maximum Gasteiger partial charge on any atom is 0.277 e. The van der Waals surface area contributed by atoms with Gasteiger partial charge in [0.1, 0.15) is 5.82 Å². The van der Waals surface area contributed by atoms with Crippen LogP contribution in [0.2, 0.25) is 0 Å². The van der Waals surface area contributed by atoms with Crippen molar-refractivity contribution < 1.29 is 4.42 Å². The molecule has 28 heavy (non-hydrogen) atoms. The molecule has 0 spiro atoms. The highest BCUT2D eigenvalue weighted by Crippen LogP contribution is 2.27. The summed E-state index contributed by atoms with van der Waals surface area (Å²) in [5, 5.41) is 8.89. The third-order valence-corrected chi connectivity index (χ3v) is 5.30. The van der Waals surface area contributed by atoms with E-state index in [-0.39, 0.29) is 0 Å². The zero-order chi connectivity index (χ0) is 18.8. The lowest BCUT2D eigenvalue weighted by Gasteiger charge is -1.99. The standard InChI is InChI=1S/C22H16N4OS/c1-2-6-15(7-3-1)14-28-22-26-25-21(27-22)17-12-10-16(11-13-17)20-23-18-8-4-5-9-19(18)24-20/h1-13H,14H2,(H,23,24). The number of nitrogens with zero attached hydrogens (tertiary/aromatic N) is 3. The normalized spacial score (nSPS) is 11.1. The molecule has 136 valence electrons. The molecule has 0 aliphatic carbocycles. The fourth-order valence-corrected chi connectivity index (χ4v) is 3.68. The average molecular weight is 384 g/mol. The second kappa shape index (κ2) is 7.32. The smallest absolute Gasteiger partial charge is 0.277 e. The van der Waals surface area contributed by atoms with Crippen molar-refractivity contribution in [1.82, 2.24) is 20.2 Å². The SMILES string of the molecule is c1ccc(CSc2nnc(-c3ccc(-c4nc5ccccc5[nH]4)cc3)o2)cc1. The highest BCUT2D eigenvalue weighted by molar-refractivity contribution is 7.98. The Morgan fingerprint density at radius 3 is 2.36 bits per heavy atom. The van der Waals surface area contributed by atoms with Crippen LogP contribution in [0.15, 0.2) is 88.5 Å².